The van der Waals surface area contributed by atoms with E-state index in [1.54, 1.807) is 24.0 Å². The molecule has 0 amide bonds. The largest absolute Gasteiger partial charge is 0.481 e. The van der Waals surface area contributed by atoms with E-state index in [4.69, 9.17) is 5.11 Å². The highest BCUT2D eigenvalue weighted by atomic mass is 79.9. The number of aliphatic carboxylic acids is 1. The number of rotatable bonds is 3. The molecule has 18 heavy (non-hydrogen) atoms. The van der Waals surface area contributed by atoms with Crippen molar-refractivity contribution >= 4 is 21.9 Å². The minimum atomic E-state index is -0.877. The van der Waals surface area contributed by atoms with Crippen LogP contribution in [0.4, 0.5) is 0 Å². The molecule has 6 nitrogen and oxygen atoms in total. The Morgan fingerprint density at radius 1 is 1.39 bits per heavy atom. The van der Waals surface area contributed by atoms with Crippen molar-refractivity contribution in [2.45, 2.75) is 20.3 Å². The topological polar surface area (TPSA) is 80.9 Å². The lowest BCUT2D eigenvalue weighted by Gasteiger charge is -2.02. The summed E-state index contributed by atoms with van der Waals surface area (Å²) in [6.45, 7) is 3.59. The van der Waals surface area contributed by atoms with Crippen LogP contribution < -0.4 is 0 Å². The molecule has 0 unspecified atom stereocenters. The van der Waals surface area contributed by atoms with Crippen LogP contribution in [0.5, 0.6) is 0 Å². The molecule has 0 aliphatic carbocycles. The maximum atomic E-state index is 10.8. The molecular formula is C11H11BrN4O2. The van der Waals surface area contributed by atoms with Gasteiger partial charge in [-0.05, 0) is 29.8 Å². The lowest BCUT2D eigenvalue weighted by molar-refractivity contribution is -0.136. The first kappa shape index (κ1) is 12.7. The van der Waals surface area contributed by atoms with Gasteiger partial charge in [0.1, 0.15) is 0 Å². The lowest BCUT2D eigenvalue weighted by atomic mass is 10.1. The van der Waals surface area contributed by atoms with E-state index in [0.717, 1.165) is 10.2 Å². The second kappa shape index (κ2) is 4.85. The normalized spacial score (nSPS) is 10.6. The van der Waals surface area contributed by atoms with E-state index in [1.165, 1.54) is 0 Å². The van der Waals surface area contributed by atoms with Crippen LogP contribution in [0.3, 0.4) is 0 Å². The molecule has 0 saturated heterocycles. The van der Waals surface area contributed by atoms with Crippen molar-refractivity contribution in [3.63, 3.8) is 0 Å². The van der Waals surface area contributed by atoms with Crippen LogP contribution in [0.2, 0.25) is 0 Å². The smallest absolute Gasteiger partial charge is 0.307 e. The molecule has 0 radical (unpaired) electrons. The monoisotopic (exact) mass is 310 g/mol. The fraction of sp³-hybridized carbons (Fsp3) is 0.273. The highest BCUT2D eigenvalue weighted by Gasteiger charge is 2.16. The van der Waals surface area contributed by atoms with Gasteiger partial charge in [-0.3, -0.25) is 4.79 Å². The molecule has 2 rings (SSSR count). The molecule has 94 valence electrons. The molecule has 0 fully saturated rings. The quantitative estimate of drug-likeness (QED) is 0.932. The van der Waals surface area contributed by atoms with Gasteiger partial charge in [0, 0.05) is 23.7 Å². The number of aromatic nitrogens is 4. The van der Waals surface area contributed by atoms with E-state index in [0.29, 0.717) is 17.2 Å². The van der Waals surface area contributed by atoms with Crippen LogP contribution in [-0.2, 0) is 11.2 Å². The first-order valence-corrected chi connectivity index (χ1v) is 6.03. The molecule has 0 atom stereocenters. The number of hydrogen-bond donors (Lipinski definition) is 1. The Morgan fingerprint density at radius 2 is 2.00 bits per heavy atom. The van der Waals surface area contributed by atoms with Crippen LogP contribution in [0.15, 0.2) is 16.9 Å². The summed E-state index contributed by atoms with van der Waals surface area (Å²) < 4.78 is 2.33. The Labute approximate surface area is 112 Å². The highest BCUT2D eigenvalue weighted by molar-refractivity contribution is 9.10. The van der Waals surface area contributed by atoms with E-state index in [9.17, 15) is 4.79 Å². The van der Waals surface area contributed by atoms with Gasteiger partial charge in [-0.15, -0.1) is 0 Å². The van der Waals surface area contributed by atoms with E-state index in [2.05, 4.69) is 31.0 Å². The molecule has 2 aromatic rings. The maximum absolute atomic E-state index is 10.8. The Balaban J connectivity index is 2.46. The van der Waals surface area contributed by atoms with Crippen molar-refractivity contribution in [2.24, 2.45) is 0 Å². The van der Waals surface area contributed by atoms with Gasteiger partial charge in [-0.2, -0.15) is 5.10 Å². The fourth-order valence-electron chi connectivity index (χ4n) is 1.69. The van der Waals surface area contributed by atoms with E-state index >= 15 is 0 Å². The minimum Gasteiger partial charge on any atom is -0.481 e. The molecule has 2 heterocycles. The first-order valence-electron chi connectivity index (χ1n) is 5.24. The van der Waals surface area contributed by atoms with Gasteiger partial charge in [-0.1, -0.05) is 0 Å². The number of nitrogens with zero attached hydrogens (tertiary/aromatic N) is 4. The lowest BCUT2D eigenvalue weighted by Crippen LogP contribution is -2.06. The summed E-state index contributed by atoms with van der Waals surface area (Å²) in [5.74, 6) is -0.451. The van der Waals surface area contributed by atoms with Crippen LogP contribution in [0.1, 0.15) is 17.0 Å². The number of carboxylic acids is 1. The molecule has 0 saturated carbocycles. The molecule has 0 bridgehead atoms. The minimum absolute atomic E-state index is 0.0474. The van der Waals surface area contributed by atoms with Gasteiger partial charge in [0.2, 0.25) is 0 Å². The third-order valence-electron chi connectivity index (χ3n) is 2.57. The molecule has 0 aliphatic heterocycles. The molecule has 0 aliphatic rings. The highest BCUT2D eigenvalue weighted by Crippen LogP contribution is 2.17. The first-order chi connectivity index (χ1) is 8.49. The summed E-state index contributed by atoms with van der Waals surface area (Å²) in [6, 6.07) is 0. The Bertz CT molecular complexity index is 592. The van der Waals surface area contributed by atoms with Crippen molar-refractivity contribution in [1.29, 1.82) is 0 Å². The summed E-state index contributed by atoms with van der Waals surface area (Å²) in [5, 5.41) is 13.1. The summed E-state index contributed by atoms with van der Waals surface area (Å²) in [4.78, 5) is 19.1. The Kier molecular flexibility index (Phi) is 3.42. The second-order valence-corrected chi connectivity index (χ2v) is 4.75. The zero-order chi connectivity index (χ0) is 13.3. The zero-order valence-corrected chi connectivity index (χ0v) is 11.5. The molecule has 2 aromatic heterocycles. The third kappa shape index (κ3) is 2.40. The van der Waals surface area contributed by atoms with Gasteiger partial charge >= 0.3 is 5.97 Å². The summed E-state index contributed by atoms with van der Waals surface area (Å²) in [6.07, 6.45) is 3.19. The molecule has 1 N–H and O–H groups in total. The zero-order valence-electron chi connectivity index (χ0n) is 9.88. The van der Waals surface area contributed by atoms with Gasteiger partial charge in [-0.25, -0.2) is 14.6 Å². The fourth-order valence-corrected chi connectivity index (χ4v) is 1.90. The van der Waals surface area contributed by atoms with Crippen molar-refractivity contribution in [2.75, 3.05) is 0 Å². The van der Waals surface area contributed by atoms with Crippen LogP contribution in [-0.4, -0.2) is 30.8 Å². The van der Waals surface area contributed by atoms with Crippen LogP contribution in [0, 0.1) is 13.8 Å². The molecular weight excluding hydrogens is 300 g/mol. The van der Waals surface area contributed by atoms with Gasteiger partial charge < -0.3 is 5.11 Å². The predicted molar refractivity (Wildman–Crippen MR) is 67.7 cm³/mol. The molecule has 7 heteroatoms. The number of carbonyl (C=O) groups is 1. The van der Waals surface area contributed by atoms with E-state index in [-0.39, 0.29) is 6.42 Å². The summed E-state index contributed by atoms with van der Waals surface area (Å²) >= 11 is 3.26. The van der Waals surface area contributed by atoms with Crippen LogP contribution in [0.25, 0.3) is 5.95 Å². The average molecular weight is 311 g/mol. The Hall–Kier alpha value is -1.76. The third-order valence-corrected chi connectivity index (χ3v) is 2.97. The van der Waals surface area contributed by atoms with Gasteiger partial charge in [0.15, 0.2) is 0 Å². The van der Waals surface area contributed by atoms with Crippen molar-refractivity contribution in [3.8, 4) is 5.95 Å². The SMILES string of the molecule is Cc1nn(-c2ncc(Br)cn2)c(C)c1CC(=O)O. The van der Waals surface area contributed by atoms with E-state index in [1.807, 2.05) is 6.92 Å². The number of hydrogen-bond acceptors (Lipinski definition) is 4. The molecule has 0 aromatic carbocycles. The van der Waals surface area contributed by atoms with E-state index < -0.39 is 5.97 Å². The van der Waals surface area contributed by atoms with Crippen molar-refractivity contribution < 1.29 is 9.90 Å². The molecule has 0 spiro atoms. The second-order valence-electron chi connectivity index (χ2n) is 3.83. The number of halogens is 1. The standard InChI is InChI=1S/C11H11BrN4O2/c1-6-9(3-10(17)18)7(2)16(15-6)11-13-4-8(12)5-14-11/h4-5H,3H2,1-2H3,(H,17,18). The van der Waals surface area contributed by atoms with Gasteiger partial charge in [0.25, 0.3) is 5.95 Å². The Morgan fingerprint density at radius 3 is 2.56 bits per heavy atom. The number of carboxylic acid groups (broad SMARTS) is 1. The number of aryl methyl sites for hydroxylation is 1. The predicted octanol–water partition coefficient (Wildman–Crippen LogP) is 1.67. The maximum Gasteiger partial charge on any atom is 0.307 e. The summed E-state index contributed by atoms with van der Waals surface area (Å²) in [7, 11) is 0. The van der Waals surface area contributed by atoms with Crippen LogP contribution >= 0.6 is 15.9 Å². The van der Waals surface area contributed by atoms with Crippen molar-refractivity contribution in [3.05, 3.63) is 33.8 Å². The average Bonchev–Trinajstić information content (AvgIpc) is 2.58. The summed E-state index contributed by atoms with van der Waals surface area (Å²) in [5.41, 5.74) is 2.13. The van der Waals surface area contributed by atoms with Gasteiger partial charge in [0.05, 0.1) is 16.6 Å². The van der Waals surface area contributed by atoms with Crippen molar-refractivity contribution in [1.82, 2.24) is 19.7 Å².